The molecule has 0 radical (unpaired) electrons. The molecule has 1 aromatic carbocycles. The van der Waals surface area contributed by atoms with Crippen LogP contribution in [0.3, 0.4) is 0 Å². The molecule has 5 heteroatoms. The van der Waals surface area contributed by atoms with Gasteiger partial charge in [0.15, 0.2) is 0 Å². The largest absolute Gasteiger partial charge is 0.324 e. The van der Waals surface area contributed by atoms with Gasteiger partial charge in [-0.2, -0.15) is 5.10 Å². The Morgan fingerprint density at radius 2 is 2.25 bits per heavy atom. The summed E-state index contributed by atoms with van der Waals surface area (Å²) in [5, 5.41) is 10.1. The van der Waals surface area contributed by atoms with E-state index in [1.54, 1.807) is 17.9 Å². The number of aromatic nitrogens is 2. The Bertz CT molecular complexity index is 591. The van der Waals surface area contributed by atoms with Crippen molar-refractivity contribution in [1.82, 2.24) is 15.1 Å². The molecule has 0 bridgehead atoms. The van der Waals surface area contributed by atoms with Gasteiger partial charge in [-0.05, 0) is 31.2 Å². The highest BCUT2D eigenvalue weighted by molar-refractivity contribution is 5.95. The minimum absolute atomic E-state index is 0.0891. The molecule has 1 heterocycles. The van der Waals surface area contributed by atoms with E-state index in [9.17, 15) is 4.79 Å². The number of nitrogens with zero attached hydrogens (tertiary/aromatic N) is 2. The Morgan fingerprint density at radius 1 is 1.45 bits per heavy atom. The van der Waals surface area contributed by atoms with Crippen LogP contribution in [0.25, 0.3) is 0 Å². The van der Waals surface area contributed by atoms with Crippen LogP contribution in [0, 0.1) is 0 Å². The number of aryl methyl sites for hydroxylation is 2. The van der Waals surface area contributed by atoms with Gasteiger partial charge in [0.1, 0.15) is 6.04 Å². The lowest BCUT2D eigenvalue weighted by Crippen LogP contribution is -2.30. The van der Waals surface area contributed by atoms with Crippen molar-refractivity contribution in [3.63, 3.8) is 0 Å². The average Bonchev–Trinajstić information content (AvgIpc) is 2.86. The number of carbonyl (C=O) groups is 1. The molecule has 2 N–H and O–H groups in total. The Hall–Kier alpha value is -2.14. The molecule has 0 aliphatic carbocycles. The van der Waals surface area contributed by atoms with E-state index in [2.05, 4.69) is 22.7 Å². The first-order valence-electron chi connectivity index (χ1n) is 6.69. The smallest absolute Gasteiger partial charge is 0.246 e. The molecule has 2 rings (SSSR count). The molecule has 1 atom stereocenters. The van der Waals surface area contributed by atoms with Gasteiger partial charge in [-0.15, -0.1) is 0 Å². The second kappa shape index (κ2) is 6.34. The molecule has 0 saturated carbocycles. The number of hydrogen-bond acceptors (Lipinski definition) is 3. The van der Waals surface area contributed by atoms with Gasteiger partial charge in [0.25, 0.3) is 0 Å². The summed E-state index contributed by atoms with van der Waals surface area (Å²) in [7, 11) is 3.60. The SMILES string of the molecule is CCc1cccc(NC(=O)C(NC)c2cnn(C)c2)c1. The number of hydrogen-bond donors (Lipinski definition) is 2. The number of nitrogens with one attached hydrogen (secondary N) is 2. The molecule has 20 heavy (non-hydrogen) atoms. The van der Waals surface area contributed by atoms with E-state index in [4.69, 9.17) is 0 Å². The topological polar surface area (TPSA) is 59.0 Å². The highest BCUT2D eigenvalue weighted by Gasteiger charge is 2.20. The zero-order chi connectivity index (χ0) is 14.5. The van der Waals surface area contributed by atoms with Gasteiger partial charge in [0, 0.05) is 24.5 Å². The van der Waals surface area contributed by atoms with Crippen LogP contribution in [-0.2, 0) is 18.3 Å². The zero-order valence-corrected chi connectivity index (χ0v) is 12.1. The molecule has 0 aliphatic rings. The van der Waals surface area contributed by atoms with E-state index in [1.807, 2.05) is 37.5 Å². The molecule has 1 aromatic heterocycles. The van der Waals surface area contributed by atoms with E-state index in [-0.39, 0.29) is 5.91 Å². The van der Waals surface area contributed by atoms with E-state index >= 15 is 0 Å². The fourth-order valence-corrected chi connectivity index (χ4v) is 2.12. The van der Waals surface area contributed by atoms with Crippen LogP contribution >= 0.6 is 0 Å². The van der Waals surface area contributed by atoms with Gasteiger partial charge in [-0.3, -0.25) is 9.48 Å². The first-order valence-corrected chi connectivity index (χ1v) is 6.69. The summed E-state index contributed by atoms with van der Waals surface area (Å²) in [6.45, 7) is 2.09. The van der Waals surface area contributed by atoms with Gasteiger partial charge < -0.3 is 10.6 Å². The summed E-state index contributed by atoms with van der Waals surface area (Å²) in [6, 6.07) is 7.48. The molecule has 1 amide bonds. The third-order valence-electron chi connectivity index (χ3n) is 3.21. The van der Waals surface area contributed by atoms with Gasteiger partial charge in [0.2, 0.25) is 5.91 Å². The van der Waals surface area contributed by atoms with E-state index < -0.39 is 6.04 Å². The lowest BCUT2D eigenvalue weighted by Gasteiger charge is -2.15. The number of likely N-dealkylation sites (N-methyl/N-ethyl adjacent to an activating group) is 1. The number of rotatable bonds is 5. The number of benzene rings is 1. The molecule has 0 spiro atoms. The normalized spacial score (nSPS) is 12.2. The molecule has 106 valence electrons. The predicted octanol–water partition coefficient (Wildman–Crippen LogP) is 1.88. The highest BCUT2D eigenvalue weighted by Crippen LogP contribution is 2.16. The third kappa shape index (κ3) is 3.24. The van der Waals surface area contributed by atoms with Crippen molar-refractivity contribution >= 4 is 11.6 Å². The summed E-state index contributed by atoms with van der Waals surface area (Å²) in [5.74, 6) is -0.0891. The van der Waals surface area contributed by atoms with Crippen molar-refractivity contribution in [3.8, 4) is 0 Å². The van der Waals surface area contributed by atoms with Gasteiger partial charge in [-0.1, -0.05) is 19.1 Å². The van der Waals surface area contributed by atoms with E-state index in [1.165, 1.54) is 5.56 Å². The summed E-state index contributed by atoms with van der Waals surface area (Å²) >= 11 is 0. The van der Waals surface area contributed by atoms with Crippen LogP contribution in [0.4, 0.5) is 5.69 Å². The maximum atomic E-state index is 12.3. The maximum Gasteiger partial charge on any atom is 0.246 e. The molecule has 0 saturated heterocycles. The average molecular weight is 272 g/mol. The van der Waals surface area contributed by atoms with Crippen molar-refractivity contribution in [2.24, 2.45) is 7.05 Å². The van der Waals surface area contributed by atoms with Crippen LogP contribution in [0.2, 0.25) is 0 Å². The minimum Gasteiger partial charge on any atom is -0.324 e. The summed E-state index contributed by atoms with van der Waals surface area (Å²) in [6.07, 6.45) is 4.48. The molecule has 2 aromatic rings. The van der Waals surface area contributed by atoms with Gasteiger partial charge in [0.05, 0.1) is 6.20 Å². The van der Waals surface area contributed by atoms with Crippen LogP contribution in [0.5, 0.6) is 0 Å². The lowest BCUT2D eigenvalue weighted by molar-refractivity contribution is -0.118. The lowest BCUT2D eigenvalue weighted by atomic mass is 10.1. The Balaban J connectivity index is 2.13. The molecule has 0 fully saturated rings. The first kappa shape index (κ1) is 14.3. The second-order valence-electron chi connectivity index (χ2n) is 4.71. The van der Waals surface area contributed by atoms with Gasteiger partial charge in [-0.25, -0.2) is 0 Å². The predicted molar refractivity (Wildman–Crippen MR) is 79.5 cm³/mol. The van der Waals surface area contributed by atoms with E-state index in [0.717, 1.165) is 17.7 Å². The van der Waals surface area contributed by atoms with Crippen molar-refractivity contribution in [1.29, 1.82) is 0 Å². The number of amides is 1. The van der Waals surface area contributed by atoms with Crippen molar-refractivity contribution in [2.75, 3.05) is 12.4 Å². The van der Waals surface area contributed by atoms with Crippen LogP contribution in [0.15, 0.2) is 36.7 Å². The van der Waals surface area contributed by atoms with E-state index in [0.29, 0.717) is 0 Å². The van der Waals surface area contributed by atoms with Crippen molar-refractivity contribution in [2.45, 2.75) is 19.4 Å². The summed E-state index contributed by atoms with van der Waals surface area (Å²) < 4.78 is 1.69. The summed E-state index contributed by atoms with van der Waals surface area (Å²) in [5.41, 5.74) is 2.86. The molecular weight excluding hydrogens is 252 g/mol. The highest BCUT2D eigenvalue weighted by atomic mass is 16.2. The molecule has 0 aliphatic heterocycles. The Labute approximate surface area is 119 Å². The van der Waals surface area contributed by atoms with Crippen LogP contribution in [0.1, 0.15) is 24.1 Å². The maximum absolute atomic E-state index is 12.3. The van der Waals surface area contributed by atoms with Gasteiger partial charge >= 0.3 is 0 Å². The van der Waals surface area contributed by atoms with Crippen molar-refractivity contribution in [3.05, 3.63) is 47.8 Å². The Kier molecular flexibility index (Phi) is 4.53. The Morgan fingerprint density at radius 3 is 2.85 bits per heavy atom. The quantitative estimate of drug-likeness (QED) is 0.873. The molecule has 5 nitrogen and oxygen atoms in total. The third-order valence-corrected chi connectivity index (χ3v) is 3.21. The minimum atomic E-state index is -0.408. The zero-order valence-electron chi connectivity index (χ0n) is 12.1. The fraction of sp³-hybridized carbons (Fsp3) is 0.333. The summed E-state index contributed by atoms with van der Waals surface area (Å²) in [4.78, 5) is 12.3. The van der Waals surface area contributed by atoms with Crippen LogP contribution < -0.4 is 10.6 Å². The molecular formula is C15H20N4O. The van der Waals surface area contributed by atoms with Crippen molar-refractivity contribution < 1.29 is 4.79 Å². The fourth-order valence-electron chi connectivity index (χ4n) is 2.12. The number of carbonyl (C=O) groups excluding carboxylic acids is 1. The second-order valence-corrected chi connectivity index (χ2v) is 4.71. The number of anilines is 1. The molecule has 1 unspecified atom stereocenters. The monoisotopic (exact) mass is 272 g/mol. The first-order chi connectivity index (χ1) is 9.63. The standard InChI is InChI=1S/C15H20N4O/c1-4-11-6-5-7-13(8-11)18-15(20)14(16-2)12-9-17-19(3)10-12/h5-10,14,16H,4H2,1-3H3,(H,18,20). The van der Waals surface area contributed by atoms with Crippen LogP contribution in [-0.4, -0.2) is 22.7 Å².